The third-order valence-electron chi connectivity index (χ3n) is 4.81. The van der Waals surface area contributed by atoms with Crippen molar-refractivity contribution < 1.29 is 4.74 Å². The van der Waals surface area contributed by atoms with Crippen molar-refractivity contribution in [2.24, 2.45) is 4.99 Å². The van der Waals surface area contributed by atoms with E-state index in [1.54, 1.807) is 7.11 Å². The van der Waals surface area contributed by atoms with Gasteiger partial charge in [0.15, 0.2) is 5.96 Å². The number of aliphatic imine (C=N–C) groups is 1. The molecule has 1 saturated heterocycles. The second kappa shape index (κ2) is 9.86. The zero-order chi connectivity index (χ0) is 18.9. The van der Waals surface area contributed by atoms with Gasteiger partial charge in [0.2, 0.25) is 0 Å². The molecule has 144 valence electrons. The van der Waals surface area contributed by atoms with Crippen molar-refractivity contribution in [2.45, 2.75) is 19.8 Å². The molecule has 2 aromatic carbocycles. The number of nitrogens with zero attached hydrogens (tertiary/aromatic N) is 3. The lowest BCUT2D eigenvalue weighted by Crippen LogP contribution is -2.50. The summed E-state index contributed by atoms with van der Waals surface area (Å²) < 4.78 is 5.53. The topological polar surface area (TPSA) is 40.1 Å². The van der Waals surface area contributed by atoms with Crippen LogP contribution in [0.15, 0.2) is 59.6 Å². The highest BCUT2D eigenvalue weighted by Crippen LogP contribution is 2.28. The van der Waals surface area contributed by atoms with Crippen LogP contribution in [0.1, 0.15) is 19.8 Å². The van der Waals surface area contributed by atoms with Crippen molar-refractivity contribution in [3.05, 3.63) is 54.6 Å². The van der Waals surface area contributed by atoms with Crippen LogP contribution in [-0.2, 0) is 0 Å². The van der Waals surface area contributed by atoms with Gasteiger partial charge in [-0.3, -0.25) is 4.99 Å². The van der Waals surface area contributed by atoms with Crippen molar-refractivity contribution in [3.8, 4) is 5.75 Å². The average molecular weight is 367 g/mol. The molecule has 0 radical (unpaired) electrons. The lowest BCUT2D eigenvalue weighted by Gasteiger charge is -2.38. The first-order chi connectivity index (χ1) is 13.3. The summed E-state index contributed by atoms with van der Waals surface area (Å²) in [6.07, 6.45) is 2.27. The summed E-state index contributed by atoms with van der Waals surface area (Å²) in [5.74, 6) is 1.92. The molecule has 1 fully saturated rings. The predicted octanol–water partition coefficient (Wildman–Crippen LogP) is 4.09. The Morgan fingerprint density at radius 1 is 1.00 bits per heavy atom. The van der Waals surface area contributed by atoms with E-state index in [2.05, 4.69) is 46.3 Å². The minimum atomic E-state index is 0.860. The van der Waals surface area contributed by atoms with Gasteiger partial charge in [0.05, 0.1) is 12.8 Å². The van der Waals surface area contributed by atoms with Gasteiger partial charge in [-0.15, -0.1) is 0 Å². The van der Waals surface area contributed by atoms with Crippen LogP contribution in [0.5, 0.6) is 5.75 Å². The number of unbranched alkanes of at least 4 members (excludes halogenated alkanes) is 1. The van der Waals surface area contributed by atoms with Crippen molar-refractivity contribution in [1.82, 2.24) is 4.90 Å². The first-order valence-electron chi connectivity index (χ1n) is 9.81. The van der Waals surface area contributed by atoms with E-state index in [9.17, 15) is 0 Å². The molecule has 3 rings (SSSR count). The largest absolute Gasteiger partial charge is 0.495 e. The number of benzene rings is 2. The Labute approximate surface area is 162 Å². The summed E-state index contributed by atoms with van der Waals surface area (Å²) in [4.78, 5) is 9.60. The molecule has 1 aliphatic heterocycles. The third kappa shape index (κ3) is 5.16. The highest BCUT2D eigenvalue weighted by atomic mass is 16.5. The minimum absolute atomic E-state index is 0.860. The van der Waals surface area contributed by atoms with E-state index in [-0.39, 0.29) is 0 Å². The summed E-state index contributed by atoms with van der Waals surface area (Å²) in [5.41, 5.74) is 2.25. The molecule has 5 nitrogen and oxygen atoms in total. The number of piperazine rings is 1. The van der Waals surface area contributed by atoms with Gasteiger partial charge in [0.1, 0.15) is 5.75 Å². The molecule has 1 aliphatic rings. The first-order valence-corrected chi connectivity index (χ1v) is 9.81. The van der Waals surface area contributed by atoms with Crippen LogP contribution in [0.4, 0.5) is 11.4 Å². The number of rotatable bonds is 6. The molecule has 2 aromatic rings. The molecule has 0 saturated carbocycles. The van der Waals surface area contributed by atoms with E-state index in [1.807, 2.05) is 30.3 Å². The van der Waals surface area contributed by atoms with E-state index in [0.29, 0.717) is 0 Å². The van der Waals surface area contributed by atoms with Crippen LogP contribution in [0.25, 0.3) is 0 Å². The standard InChI is InChI=1S/C22H30N4O/c1-3-4-14-23-22(24-19-10-6-5-7-11-19)26-17-15-25(16-18-26)20-12-8-9-13-21(20)27-2/h5-13H,3-4,14-18H2,1-2H3,(H,23,24). The number of para-hydroxylation sites is 3. The van der Waals surface area contributed by atoms with E-state index >= 15 is 0 Å². The molecule has 1 N–H and O–H groups in total. The Hall–Kier alpha value is -2.69. The maximum absolute atomic E-state index is 5.53. The van der Waals surface area contributed by atoms with E-state index in [1.165, 1.54) is 5.69 Å². The van der Waals surface area contributed by atoms with E-state index in [4.69, 9.17) is 9.73 Å². The van der Waals surface area contributed by atoms with Crippen LogP contribution in [0, 0.1) is 0 Å². The molecule has 1 heterocycles. The summed E-state index contributed by atoms with van der Waals surface area (Å²) in [6, 6.07) is 18.5. The van der Waals surface area contributed by atoms with Crippen molar-refractivity contribution >= 4 is 17.3 Å². The molecule has 0 aliphatic carbocycles. The van der Waals surface area contributed by atoms with Gasteiger partial charge in [-0.2, -0.15) is 0 Å². The molecule has 0 bridgehead atoms. The van der Waals surface area contributed by atoms with Crippen molar-refractivity contribution in [3.63, 3.8) is 0 Å². The fourth-order valence-electron chi connectivity index (χ4n) is 3.26. The number of ether oxygens (including phenoxy) is 1. The Kier molecular flexibility index (Phi) is 6.97. The van der Waals surface area contributed by atoms with E-state index < -0.39 is 0 Å². The van der Waals surface area contributed by atoms with Gasteiger partial charge in [0, 0.05) is 38.4 Å². The number of methoxy groups -OCH3 is 1. The molecule has 0 aromatic heterocycles. The lowest BCUT2D eigenvalue weighted by atomic mass is 10.2. The van der Waals surface area contributed by atoms with Gasteiger partial charge >= 0.3 is 0 Å². The molecule has 5 heteroatoms. The van der Waals surface area contributed by atoms with Gasteiger partial charge in [-0.1, -0.05) is 43.7 Å². The Bertz CT molecular complexity index is 724. The summed E-state index contributed by atoms with van der Waals surface area (Å²) >= 11 is 0. The second-order valence-electron chi connectivity index (χ2n) is 6.70. The fraction of sp³-hybridized carbons (Fsp3) is 0.409. The van der Waals surface area contributed by atoms with Gasteiger partial charge < -0.3 is 19.9 Å². The summed E-state index contributed by atoms with van der Waals surface area (Å²) in [5, 5.41) is 3.52. The zero-order valence-electron chi connectivity index (χ0n) is 16.4. The van der Waals surface area contributed by atoms with Crippen molar-refractivity contribution in [2.75, 3.05) is 50.1 Å². The first kappa shape index (κ1) is 19.1. The second-order valence-corrected chi connectivity index (χ2v) is 6.70. The molecular formula is C22H30N4O. The summed E-state index contributed by atoms with van der Waals surface area (Å²) in [6.45, 7) is 6.82. The molecular weight excluding hydrogens is 336 g/mol. The molecule has 0 spiro atoms. The molecule has 0 unspecified atom stereocenters. The normalized spacial score (nSPS) is 15.0. The number of guanidine groups is 1. The van der Waals surface area contributed by atoms with Crippen LogP contribution in [0.3, 0.4) is 0 Å². The van der Waals surface area contributed by atoms with Gasteiger partial charge in [-0.05, 0) is 30.7 Å². The lowest BCUT2D eigenvalue weighted by molar-refractivity contribution is 0.376. The number of anilines is 2. The number of hydrogen-bond acceptors (Lipinski definition) is 3. The highest BCUT2D eigenvalue weighted by Gasteiger charge is 2.22. The molecule has 0 amide bonds. The number of nitrogens with one attached hydrogen (secondary N) is 1. The maximum Gasteiger partial charge on any atom is 0.198 e. The Balaban J connectivity index is 1.67. The van der Waals surface area contributed by atoms with Gasteiger partial charge in [-0.25, -0.2) is 0 Å². The average Bonchev–Trinajstić information content (AvgIpc) is 2.74. The number of hydrogen-bond donors (Lipinski definition) is 1. The molecule has 0 atom stereocenters. The van der Waals surface area contributed by atoms with Gasteiger partial charge in [0.25, 0.3) is 0 Å². The van der Waals surface area contributed by atoms with E-state index in [0.717, 1.165) is 63.0 Å². The highest BCUT2D eigenvalue weighted by molar-refractivity contribution is 5.93. The van der Waals surface area contributed by atoms with Crippen LogP contribution >= 0.6 is 0 Å². The summed E-state index contributed by atoms with van der Waals surface area (Å²) in [7, 11) is 1.73. The maximum atomic E-state index is 5.53. The monoisotopic (exact) mass is 366 g/mol. The Morgan fingerprint density at radius 3 is 2.41 bits per heavy atom. The smallest absolute Gasteiger partial charge is 0.198 e. The Morgan fingerprint density at radius 2 is 1.70 bits per heavy atom. The SMILES string of the molecule is CCCCN=C(Nc1ccccc1)N1CCN(c2ccccc2OC)CC1. The third-order valence-corrected chi connectivity index (χ3v) is 4.81. The van der Waals surface area contributed by atoms with Crippen LogP contribution in [0.2, 0.25) is 0 Å². The van der Waals surface area contributed by atoms with Crippen LogP contribution < -0.4 is 15.0 Å². The predicted molar refractivity (Wildman–Crippen MR) is 114 cm³/mol. The fourth-order valence-corrected chi connectivity index (χ4v) is 3.26. The van der Waals surface area contributed by atoms with Crippen molar-refractivity contribution in [1.29, 1.82) is 0 Å². The molecule has 27 heavy (non-hydrogen) atoms. The minimum Gasteiger partial charge on any atom is -0.495 e. The van der Waals surface area contributed by atoms with Crippen LogP contribution in [-0.4, -0.2) is 50.7 Å². The zero-order valence-corrected chi connectivity index (χ0v) is 16.4. The quantitative estimate of drug-likeness (QED) is 0.475.